The van der Waals surface area contributed by atoms with Crippen molar-refractivity contribution in [3.8, 4) is 0 Å². The third kappa shape index (κ3) is 4.07. The van der Waals surface area contributed by atoms with E-state index in [0.717, 1.165) is 5.56 Å². The lowest BCUT2D eigenvalue weighted by atomic mass is 10.2. The molecule has 0 bridgehead atoms. The minimum atomic E-state index is 0.127. The molecule has 0 heterocycles. The first-order chi connectivity index (χ1) is 6.22. The molecule has 0 aliphatic heterocycles. The number of benzene rings is 1. The predicted molar refractivity (Wildman–Crippen MR) is 60.9 cm³/mol. The smallest absolute Gasteiger partial charge is 0.0681 e. The molecule has 1 aromatic rings. The average Bonchev–Trinajstić information content (AvgIpc) is 2.15. The molecule has 0 unspecified atom stereocenters. The maximum Gasteiger partial charge on any atom is 0.0681 e. The van der Waals surface area contributed by atoms with E-state index in [-0.39, 0.29) is 6.61 Å². The van der Waals surface area contributed by atoms with Crippen molar-refractivity contribution in [3.05, 3.63) is 29.8 Å². The monoisotopic (exact) mass is 214 g/mol. The largest absolute Gasteiger partial charge is 0.392 e. The average molecular weight is 214 g/mol. The topological polar surface area (TPSA) is 20.2 Å². The molecule has 3 heteroatoms. The first kappa shape index (κ1) is 11.0. The molecule has 1 aromatic carbocycles. The van der Waals surface area contributed by atoms with Crippen molar-refractivity contribution in [2.45, 2.75) is 30.6 Å². The highest BCUT2D eigenvalue weighted by Crippen LogP contribution is 2.33. The first-order valence-electron chi connectivity index (χ1n) is 4.25. The zero-order valence-corrected chi connectivity index (χ0v) is 9.49. The van der Waals surface area contributed by atoms with E-state index in [9.17, 15) is 0 Å². The van der Waals surface area contributed by atoms with Crippen LogP contribution in [-0.4, -0.2) is 10.4 Å². The van der Waals surface area contributed by atoms with E-state index in [1.807, 2.05) is 35.1 Å². The molecule has 1 N–H and O–H groups in total. The van der Waals surface area contributed by atoms with Crippen molar-refractivity contribution in [1.29, 1.82) is 0 Å². The fourth-order valence-electron chi connectivity index (χ4n) is 0.802. The third-order valence-electron chi connectivity index (χ3n) is 1.44. The van der Waals surface area contributed by atoms with Gasteiger partial charge in [-0.05, 0) is 17.7 Å². The molecule has 0 amide bonds. The van der Waals surface area contributed by atoms with Crippen LogP contribution in [0.1, 0.15) is 19.4 Å². The molecule has 0 aliphatic carbocycles. The van der Waals surface area contributed by atoms with Crippen molar-refractivity contribution < 1.29 is 5.11 Å². The Morgan fingerprint density at radius 3 is 2.31 bits per heavy atom. The van der Waals surface area contributed by atoms with E-state index >= 15 is 0 Å². The molecule has 0 atom stereocenters. The Morgan fingerprint density at radius 1 is 1.23 bits per heavy atom. The minimum absolute atomic E-state index is 0.127. The van der Waals surface area contributed by atoms with Crippen LogP contribution in [0.5, 0.6) is 0 Å². The highest BCUT2D eigenvalue weighted by Gasteiger charge is 1.97. The van der Waals surface area contributed by atoms with Gasteiger partial charge in [-0.25, -0.2) is 0 Å². The molecule has 0 aliphatic rings. The van der Waals surface area contributed by atoms with Gasteiger partial charge in [0.1, 0.15) is 0 Å². The SMILES string of the molecule is CC(C)SSc1ccc(CO)cc1. The van der Waals surface area contributed by atoms with Crippen LogP contribution in [0.2, 0.25) is 0 Å². The summed E-state index contributed by atoms with van der Waals surface area (Å²) in [5.41, 5.74) is 0.971. The summed E-state index contributed by atoms with van der Waals surface area (Å²) < 4.78 is 0. The normalized spacial score (nSPS) is 10.8. The molecular weight excluding hydrogens is 200 g/mol. The van der Waals surface area contributed by atoms with Crippen LogP contribution in [-0.2, 0) is 6.61 Å². The van der Waals surface area contributed by atoms with Gasteiger partial charge in [0.25, 0.3) is 0 Å². The molecule has 0 aromatic heterocycles. The van der Waals surface area contributed by atoms with Gasteiger partial charge in [0.15, 0.2) is 0 Å². The lowest BCUT2D eigenvalue weighted by molar-refractivity contribution is 0.282. The van der Waals surface area contributed by atoms with Crippen LogP contribution in [0.3, 0.4) is 0 Å². The Balaban J connectivity index is 2.49. The Kier molecular flexibility index (Phi) is 4.70. The number of hydrogen-bond acceptors (Lipinski definition) is 3. The molecule has 0 saturated heterocycles. The molecule has 0 fully saturated rings. The zero-order valence-electron chi connectivity index (χ0n) is 7.86. The quantitative estimate of drug-likeness (QED) is 0.776. The Hall–Kier alpha value is -0.120. The second-order valence-corrected chi connectivity index (χ2v) is 5.88. The minimum Gasteiger partial charge on any atom is -0.392 e. The van der Waals surface area contributed by atoms with Gasteiger partial charge in [0.2, 0.25) is 0 Å². The Labute approximate surface area is 87.3 Å². The van der Waals surface area contributed by atoms with Gasteiger partial charge in [-0.1, -0.05) is 47.6 Å². The van der Waals surface area contributed by atoms with Gasteiger partial charge < -0.3 is 5.11 Å². The van der Waals surface area contributed by atoms with Gasteiger partial charge in [-0.15, -0.1) is 0 Å². The summed E-state index contributed by atoms with van der Waals surface area (Å²) in [6, 6.07) is 8.02. The molecular formula is C10H14OS2. The summed E-state index contributed by atoms with van der Waals surface area (Å²) in [7, 11) is 3.63. The standard InChI is InChI=1S/C10H14OS2/c1-8(2)12-13-10-5-3-9(7-11)4-6-10/h3-6,8,11H,7H2,1-2H3. The predicted octanol–water partition coefficient (Wildman–Crippen LogP) is 3.33. The highest BCUT2D eigenvalue weighted by atomic mass is 33.1. The molecule has 1 rings (SSSR count). The number of aliphatic hydroxyl groups excluding tert-OH is 1. The maximum atomic E-state index is 8.83. The molecule has 1 nitrogen and oxygen atoms in total. The van der Waals surface area contributed by atoms with Crippen molar-refractivity contribution in [3.63, 3.8) is 0 Å². The van der Waals surface area contributed by atoms with E-state index in [2.05, 4.69) is 13.8 Å². The fourth-order valence-corrected chi connectivity index (χ4v) is 2.60. The van der Waals surface area contributed by atoms with E-state index in [1.54, 1.807) is 10.8 Å². The number of rotatable bonds is 4. The van der Waals surface area contributed by atoms with Crippen LogP contribution in [0.15, 0.2) is 29.2 Å². The second-order valence-electron chi connectivity index (χ2n) is 3.03. The van der Waals surface area contributed by atoms with Crippen LogP contribution in [0.4, 0.5) is 0 Å². The van der Waals surface area contributed by atoms with E-state index in [1.165, 1.54) is 4.90 Å². The van der Waals surface area contributed by atoms with E-state index < -0.39 is 0 Å². The summed E-state index contributed by atoms with van der Waals surface area (Å²) in [4.78, 5) is 1.25. The van der Waals surface area contributed by atoms with Gasteiger partial charge in [0, 0.05) is 10.1 Å². The van der Waals surface area contributed by atoms with Gasteiger partial charge in [-0.2, -0.15) is 0 Å². The molecule has 0 saturated carbocycles. The van der Waals surface area contributed by atoms with Crippen molar-refractivity contribution in [2.24, 2.45) is 0 Å². The van der Waals surface area contributed by atoms with Crippen LogP contribution in [0.25, 0.3) is 0 Å². The van der Waals surface area contributed by atoms with E-state index in [0.29, 0.717) is 5.25 Å². The summed E-state index contributed by atoms with van der Waals surface area (Å²) >= 11 is 0. The number of aliphatic hydroxyl groups is 1. The van der Waals surface area contributed by atoms with Gasteiger partial charge in [-0.3, -0.25) is 0 Å². The molecule has 0 radical (unpaired) electrons. The lowest BCUT2D eigenvalue weighted by Crippen LogP contribution is -1.83. The molecule has 72 valence electrons. The van der Waals surface area contributed by atoms with E-state index in [4.69, 9.17) is 5.11 Å². The maximum absolute atomic E-state index is 8.83. The van der Waals surface area contributed by atoms with Crippen molar-refractivity contribution >= 4 is 21.6 Å². The summed E-state index contributed by atoms with van der Waals surface area (Å²) in [6.07, 6.45) is 0. The van der Waals surface area contributed by atoms with Crippen LogP contribution in [0, 0.1) is 0 Å². The third-order valence-corrected chi connectivity index (χ3v) is 4.41. The van der Waals surface area contributed by atoms with Gasteiger partial charge in [0.05, 0.1) is 6.61 Å². The zero-order chi connectivity index (χ0) is 9.68. The fraction of sp³-hybridized carbons (Fsp3) is 0.400. The van der Waals surface area contributed by atoms with Crippen LogP contribution < -0.4 is 0 Å². The lowest BCUT2D eigenvalue weighted by Gasteiger charge is -2.03. The number of hydrogen-bond donors (Lipinski definition) is 1. The van der Waals surface area contributed by atoms with Gasteiger partial charge >= 0.3 is 0 Å². The summed E-state index contributed by atoms with van der Waals surface area (Å²) in [5.74, 6) is 0. The van der Waals surface area contributed by atoms with Crippen LogP contribution >= 0.6 is 21.6 Å². The Bertz CT molecular complexity index is 244. The summed E-state index contributed by atoms with van der Waals surface area (Å²) in [6.45, 7) is 4.49. The van der Waals surface area contributed by atoms with Crippen molar-refractivity contribution in [2.75, 3.05) is 0 Å². The highest BCUT2D eigenvalue weighted by molar-refractivity contribution is 8.76. The second kappa shape index (κ2) is 5.58. The molecule has 13 heavy (non-hydrogen) atoms. The first-order valence-corrected chi connectivity index (χ1v) is 6.47. The van der Waals surface area contributed by atoms with Crippen molar-refractivity contribution in [1.82, 2.24) is 0 Å². The Morgan fingerprint density at radius 2 is 1.85 bits per heavy atom. The summed E-state index contributed by atoms with van der Waals surface area (Å²) in [5, 5.41) is 9.48. The molecule has 0 spiro atoms.